The molecule has 0 aliphatic carbocycles. The lowest BCUT2D eigenvalue weighted by molar-refractivity contribution is -0.0468. The van der Waals surface area contributed by atoms with Crippen LogP contribution >= 0.6 is 0 Å². The van der Waals surface area contributed by atoms with E-state index >= 15 is 0 Å². The van der Waals surface area contributed by atoms with Crippen LogP contribution in [0.2, 0.25) is 18.1 Å². The standard InChI is InChI=1S/C24H50O3Si/c1-7-8-9-10-11-12-13-14-15-16-17-23(22-19-18-21(20-25)26-22)27-28(5,6)24(2,3)4/h21-23,25H,7-20H2,1-6H3/t21-,22+,23+/m0/s1. The van der Waals surface area contributed by atoms with E-state index in [0.717, 1.165) is 19.3 Å². The van der Waals surface area contributed by atoms with E-state index in [4.69, 9.17) is 9.16 Å². The first-order valence-electron chi connectivity index (χ1n) is 12.2. The third-order valence-corrected chi connectivity index (χ3v) is 11.4. The summed E-state index contributed by atoms with van der Waals surface area (Å²) in [5.41, 5.74) is 0. The van der Waals surface area contributed by atoms with Crippen LogP contribution in [0.25, 0.3) is 0 Å². The van der Waals surface area contributed by atoms with Gasteiger partial charge in [0.15, 0.2) is 8.32 Å². The highest BCUT2D eigenvalue weighted by Crippen LogP contribution is 2.39. The second-order valence-electron chi connectivity index (χ2n) is 10.4. The Bertz CT molecular complexity index is 392. The SMILES string of the molecule is CCCCCCCCCCCC[C@@H](O[Si](C)(C)C(C)(C)C)[C@H]1CC[C@@H](CO)O1. The molecule has 0 aromatic carbocycles. The molecule has 0 aromatic rings. The third kappa shape index (κ3) is 9.73. The van der Waals surface area contributed by atoms with Gasteiger partial charge < -0.3 is 14.3 Å². The molecule has 0 radical (unpaired) electrons. The van der Waals surface area contributed by atoms with Crippen LogP contribution in [-0.4, -0.2) is 38.3 Å². The molecular formula is C24H50O3Si. The van der Waals surface area contributed by atoms with Crippen molar-refractivity contribution >= 4 is 8.32 Å². The van der Waals surface area contributed by atoms with Gasteiger partial charge in [-0.05, 0) is 37.4 Å². The molecule has 1 N–H and O–H groups in total. The topological polar surface area (TPSA) is 38.7 Å². The summed E-state index contributed by atoms with van der Waals surface area (Å²) in [7, 11) is -1.81. The normalized spacial score (nSPS) is 22.0. The highest BCUT2D eigenvalue weighted by Gasteiger charge is 2.42. The third-order valence-electron chi connectivity index (χ3n) is 6.85. The maximum Gasteiger partial charge on any atom is 0.192 e. The molecule has 0 aromatic heterocycles. The van der Waals surface area contributed by atoms with Crippen LogP contribution in [0.1, 0.15) is 111 Å². The average molecular weight is 415 g/mol. The van der Waals surface area contributed by atoms with Crippen molar-refractivity contribution in [1.82, 2.24) is 0 Å². The molecule has 3 nitrogen and oxygen atoms in total. The van der Waals surface area contributed by atoms with Crippen LogP contribution in [0.4, 0.5) is 0 Å². The van der Waals surface area contributed by atoms with Crippen molar-refractivity contribution in [2.24, 2.45) is 0 Å². The quantitative estimate of drug-likeness (QED) is 0.227. The number of rotatable bonds is 15. The molecule has 1 rings (SSSR count). The molecule has 1 fully saturated rings. The molecule has 1 aliphatic heterocycles. The summed E-state index contributed by atoms with van der Waals surface area (Å²) in [5, 5.41) is 9.66. The number of unbranched alkanes of at least 4 members (excludes halogenated alkanes) is 9. The molecule has 4 heteroatoms. The Hall–Kier alpha value is 0.0969. The van der Waals surface area contributed by atoms with E-state index in [0.29, 0.717) is 0 Å². The van der Waals surface area contributed by atoms with Crippen LogP contribution in [0.5, 0.6) is 0 Å². The van der Waals surface area contributed by atoms with Gasteiger partial charge in [-0.15, -0.1) is 0 Å². The van der Waals surface area contributed by atoms with Gasteiger partial charge in [0.2, 0.25) is 0 Å². The Balaban J connectivity index is 2.36. The zero-order valence-electron chi connectivity index (χ0n) is 19.9. The summed E-state index contributed by atoms with van der Waals surface area (Å²) < 4.78 is 12.9. The van der Waals surface area contributed by atoms with Crippen LogP contribution in [0.15, 0.2) is 0 Å². The maximum atomic E-state index is 9.43. The van der Waals surface area contributed by atoms with Crippen LogP contribution in [0, 0.1) is 0 Å². The van der Waals surface area contributed by atoms with Gasteiger partial charge in [-0.1, -0.05) is 91.9 Å². The monoisotopic (exact) mass is 414 g/mol. The van der Waals surface area contributed by atoms with Gasteiger partial charge in [0, 0.05) is 0 Å². The van der Waals surface area contributed by atoms with Crippen molar-refractivity contribution in [3.05, 3.63) is 0 Å². The highest BCUT2D eigenvalue weighted by atomic mass is 28.4. The molecule has 0 unspecified atom stereocenters. The Morgan fingerprint density at radius 3 is 1.93 bits per heavy atom. The van der Waals surface area contributed by atoms with Gasteiger partial charge in [0.05, 0.1) is 24.9 Å². The molecule has 1 aliphatic rings. The maximum absolute atomic E-state index is 9.43. The van der Waals surface area contributed by atoms with Crippen LogP contribution in [-0.2, 0) is 9.16 Å². The summed E-state index contributed by atoms with van der Waals surface area (Å²) in [6.45, 7) is 14.0. The minimum absolute atomic E-state index is 0.0169. The van der Waals surface area contributed by atoms with Crippen molar-refractivity contribution in [3.8, 4) is 0 Å². The van der Waals surface area contributed by atoms with Crippen molar-refractivity contribution < 1.29 is 14.3 Å². The zero-order valence-corrected chi connectivity index (χ0v) is 20.9. The predicted octanol–water partition coefficient (Wildman–Crippen LogP) is 7.23. The summed E-state index contributed by atoms with van der Waals surface area (Å²) >= 11 is 0. The number of ether oxygens (including phenoxy) is 1. The molecule has 0 saturated carbocycles. The van der Waals surface area contributed by atoms with E-state index in [1.54, 1.807) is 0 Å². The van der Waals surface area contributed by atoms with E-state index in [1.807, 2.05) is 0 Å². The Kier molecular flexibility index (Phi) is 12.5. The van der Waals surface area contributed by atoms with Gasteiger partial charge >= 0.3 is 0 Å². The largest absolute Gasteiger partial charge is 0.411 e. The molecule has 1 heterocycles. The lowest BCUT2D eigenvalue weighted by Gasteiger charge is -2.41. The van der Waals surface area contributed by atoms with E-state index in [1.165, 1.54) is 64.2 Å². The second kappa shape index (κ2) is 13.4. The lowest BCUT2D eigenvalue weighted by atomic mass is 10.0. The highest BCUT2D eigenvalue weighted by molar-refractivity contribution is 6.74. The molecule has 28 heavy (non-hydrogen) atoms. The molecule has 1 saturated heterocycles. The molecule has 0 spiro atoms. The van der Waals surface area contributed by atoms with Crippen molar-refractivity contribution in [2.75, 3.05) is 6.61 Å². The summed E-state index contributed by atoms with van der Waals surface area (Å²) in [5.74, 6) is 0. The summed E-state index contributed by atoms with van der Waals surface area (Å²) in [6.07, 6.45) is 17.1. The molecule has 0 bridgehead atoms. The second-order valence-corrected chi connectivity index (χ2v) is 15.2. The molecular weight excluding hydrogens is 364 g/mol. The van der Waals surface area contributed by atoms with Crippen LogP contribution < -0.4 is 0 Å². The number of aliphatic hydroxyl groups is 1. The minimum atomic E-state index is -1.81. The molecule has 0 amide bonds. The number of aliphatic hydroxyl groups excluding tert-OH is 1. The first-order chi connectivity index (χ1) is 13.2. The first kappa shape index (κ1) is 26.1. The number of hydrogen-bond acceptors (Lipinski definition) is 3. The van der Waals surface area contributed by atoms with Crippen LogP contribution in [0.3, 0.4) is 0 Å². The van der Waals surface area contributed by atoms with Gasteiger partial charge in [0.25, 0.3) is 0 Å². The van der Waals surface area contributed by atoms with Crippen molar-refractivity contribution in [1.29, 1.82) is 0 Å². The van der Waals surface area contributed by atoms with E-state index < -0.39 is 8.32 Å². The fraction of sp³-hybridized carbons (Fsp3) is 1.00. The first-order valence-corrected chi connectivity index (χ1v) is 15.1. The Labute approximate surface area is 177 Å². The van der Waals surface area contributed by atoms with Gasteiger partial charge in [-0.2, -0.15) is 0 Å². The lowest BCUT2D eigenvalue weighted by Crippen LogP contribution is -2.47. The van der Waals surface area contributed by atoms with Gasteiger partial charge in [-0.3, -0.25) is 0 Å². The molecule has 168 valence electrons. The van der Waals surface area contributed by atoms with Crippen molar-refractivity contribution in [2.45, 2.75) is 148 Å². The Morgan fingerprint density at radius 1 is 0.929 bits per heavy atom. The molecule has 3 atom stereocenters. The summed E-state index contributed by atoms with van der Waals surface area (Å²) in [4.78, 5) is 0. The van der Waals surface area contributed by atoms with E-state index in [2.05, 4.69) is 40.8 Å². The zero-order chi connectivity index (χ0) is 21.0. The average Bonchev–Trinajstić information content (AvgIpc) is 3.10. The fourth-order valence-corrected chi connectivity index (χ4v) is 5.23. The minimum Gasteiger partial charge on any atom is -0.411 e. The van der Waals surface area contributed by atoms with Crippen molar-refractivity contribution in [3.63, 3.8) is 0 Å². The Morgan fingerprint density at radius 2 is 1.46 bits per heavy atom. The van der Waals surface area contributed by atoms with E-state index in [9.17, 15) is 5.11 Å². The fourth-order valence-electron chi connectivity index (χ4n) is 3.85. The smallest absolute Gasteiger partial charge is 0.192 e. The summed E-state index contributed by atoms with van der Waals surface area (Å²) in [6, 6.07) is 0. The predicted molar refractivity (Wildman–Crippen MR) is 124 cm³/mol. The van der Waals surface area contributed by atoms with Gasteiger partial charge in [0.1, 0.15) is 0 Å². The van der Waals surface area contributed by atoms with E-state index in [-0.39, 0.29) is 30.0 Å². The van der Waals surface area contributed by atoms with Gasteiger partial charge in [-0.25, -0.2) is 0 Å². The number of hydrogen-bond donors (Lipinski definition) is 1.